The Morgan fingerprint density at radius 3 is 2.80 bits per heavy atom. The molecule has 1 heterocycles. The minimum absolute atomic E-state index is 0.451. The third-order valence-electron chi connectivity index (χ3n) is 4.15. The van der Waals surface area contributed by atoms with E-state index < -0.39 is 0 Å². The van der Waals surface area contributed by atoms with Gasteiger partial charge in [-0.15, -0.1) is 0 Å². The van der Waals surface area contributed by atoms with Gasteiger partial charge >= 0.3 is 0 Å². The van der Waals surface area contributed by atoms with Crippen LogP contribution in [0.3, 0.4) is 0 Å². The van der Waals surface area contributed by atoms with Crippen LogP contribution in [-0.2, 0) is 4.74 Å². The highest BCUT2D eigenvalue weighted by Crippen LogP contribution is 2.33. The van der Waals surface area contributed by atoms with E-state index in [-0.39, 0.29) is 0 Å². The molecule has 1 atom stereocenters. The highest BCUT2D eigenvalue weighted by atomic mass is 79.9. The first-order valence-corrected chi connectivity index (χ1v) is 8.57. The fraction of sp³-hybridized carbons (Fsp3) is 0.647. The molecule has 0 amide bonds. The van der Waals surface area contributed by atoms with Crippen molar-refractivity contribution in [3.63, 3.8) is 0 Å². The molecule has 0 bridgehead atoms. The number of ether oxygens (including phenoxy) is 1. The molecule has 0 saturated carbocycles. The van der Waals surface area contributed by atoms with Crippen molar-refractivity contribution in [1.82, 2.24) is 5.32 Å². The quantitative estimate of drug-likeness (QED) is 0.816. The summed E-state index contributed by atoms with van der Waals surface area (Å²) in [6.45, 7) is 7.33. The summed E-state index contributed by atoms with van der Waals surface area (Å²) in [4.78, 5) is 0. The van der Waals surface area contributed by atoms with Crippen molar-refractivity contribution in [1.29, 1.82) is 0 Å². The smallest absolute Gasteiger partial charge is 0.0468 e. The lowest BCUT2D eigenvalue weighted by Gasteiger charge is -2.28. The molecule has 1 fully saturated rings. The summed E-state index contributed by atoms with van der Waals surface area (Å²) < 4.78 is 6.75. The third-order valence-corrected chi connectivity index (χ3v) is 5.23. The number of rotatable bonds is 6. The highest BCUT2D eigenvalue weighted by molar-refractivity contribution is 9.10. The minimum atomic E-state index is 0.451. The standard InChI is InChI=1S/C17H26BrNO/c1-3-9-19-16(12-14-7-10-20-11-8-14)15-6-4-5-13(2)17(15)18/h4-6,14,16,19H,3,7-12H2,1-2H3. The molecule has 0 aromatic heterocycles. The molecule has 1 aliphatic rings. The molecule has 1 saturated heterocycles. The average Bonchev–Trinajstić information content (AvgIpc) is 2.48. The summed E-state index contributed by atoms with van der Waals surface area (Å²) >= 11 is 3.77. The van der Waals surface area contributed by atoms with E-state index in [4.69, 9.17) is 4.74 Å². The second kappa shape index (κ2) is 8.16. The molecule has 1 aromatic rings. The number of nitrogens with one attached hydrogen (secondary N) is 1. The van der Waals surface area contributed by atoms with Crippen LogP contribution in [0, 0.1) is 12.8 Å². The molecular formula is C17H26BrNO. The second-order valence-corrected chi connectivity index (χ2v) is 6.57. The summed E-state index contributed by atoms with van der Waals surface area (Å²) in [6.07, 6.45) is 4.79. The Balaban J connectivity index is 2.11. The maximum Gasteiger partial charge on any atom is 0.0468 e. The van der Waals surface area contributed by atoms with Crippen LogP contribution in [0.4, 0.5) is 0 Å². The van der Waals surface area contributed by atoms with Gasteiger partial charge in [-0.05, 0) is 56.2 Å². The van der Waals surface area contributed by atoms with Gasteiger partial charge in [0.1, 0.15) is 0 Å². The molecule has 2 rings (SSSR count). The van der Waals surface area contributed by atoms with Crippen molar-refractivity contribution in [2.75, 3.05) is 19.8 Å². The maximum absolute atomic E-state index is 5.48. The first kappa shape index (κ1) is 16.0. The lowest BCUT2D eigenvalue weighted by molar-refractivity contribution is 0.0605. The van der Waals surface area contributed by atoms with Gasteiger partial charge < -0.3 is 10.1 Å². The van der Waals surface area contributed by atoms with Gasteiger partial charge in [0.25, 0.3) is 0 Å². The number of benzene rings is 1. The van der Waals surface area contributed by atoms with E-state index in [9.17, 15) is 0 Å². The Labute approximate surface area is 131 Å². The molecule has 1 aromatic carbocycles. The number of halogens is 1. The monoisotopic (exact) mass is 339 g/mol. The van der Waals surface area contributed by atoms with Crippen LogP contribution in [-0.4, -0.2) is 19.8 Å². The molecular weight excluding hydrogens is 314 g/mol. The minimum Gasteiger partial charge on any atom is -0.381 e. The lowest BCUT2D eigenvalue weighted by atomic mass is 9.89. The van der Waals surface area contributed by atoms with Gasteiger partial charge in [-0.25, -0.2) is 0 Å². The Bertz CT molecular complexity index is 415. The topological polar surface area (TPSA) is 21.3 Å². The summed E-state index contributed by atoms with van der Waals surface area (Å²) in [6, 6.07) is 7.04. The molecule has 1 aliphatic heterocycles. The van der Waals surface area contributed by atoms with Crippen LogP contribution in [0.5, 0.6) is 0 Å². The van der Waals surface area contributed by atoms with Gasteiger partial charge in [-0.2, -0.15) is 0 Å². The SMILES string of the molecule is CCCNC(CC1CCOCC1)c1cccc(C)c1Br. The first-order valence-electron chi connectivity index (χ1n) is 7.78. The van der Waals surface area contributed by atoms with Crippen LogP contribution in [0.25, 0.3) is 0 Å². The van der Waals surface area contributed by atoms with Gasteiger partial charge in [-0.1, -0.05) is 41.1 Å². The highest BCUT2D eigenvalue weighted by Gasteiger charge is 2.21. The molecule has 1 unspecified atom stereocenters. The summed E-state index contributed by atoms with van der Waals surface area (Å²) in [5.41, 5.74) is 2.72. The predicted molar refractivity (Wildman–Crippen MR) is 88.1 cm³/mol. The Morgan fingerprint density at radius 1 is 1.35 bits per heavy atom. The molecule has 20 heavy (non-hydrogen) atoms. The van der Waals surface area contributed by atoms with Crippen molar-refractivity contribution < 1.29 is 4.74 Å². The van der Waals surface area contributed by atoms with Crippen LogP contribution < -0.4 is 5.32 Å². The van der Waals surface area contributed by atoms with E-state index in [0.717, 1.165) is 25.7 Å². The van der Waals surface area contributed by atoms with Gasteiger partial charge in [0, 0.05) is 23.7 Å². The van der Waals surface area contributed by atoms with Crippen molar-refractivity contribution >= 4 is 15.9 Å². The molecule has 0 aliphatic carbocycles. The van der Waals surface area contributed by atoms with E-state index in [1.165, 1.54) is 41.3 Å². The number of aryl methyl sites for hydroxylation is 1. The van der Waals surface area contributed by atoms with E-state index in [1.54, 1.807) is 0 Å². The number of hydrogen-bond donors (Lipinski definition) is 1. The largest absolute Gasteiger partial charge is 0.381 e. The van der Waals surface area contributed by atoms with Gasteiger partial charge in [0.2, 0.25) is 0 Å². The summed E-state index contributed by atoms with van der Waals surface area (Å²) in [5, 5.41) is 3.73. The first-order chi connectivity index (χ1) is 9.72. The zero-order valence-electron chi connectivity index (χ0n) is 12.6. The maximum atomic E-state index is 5.48. The van der Waals surface area contributed by atoms with Crippen LogP contribution in [0.15, 0.2) is 22.7 Å². The molecule has 0 spiro atoms. The van der Waals surface area contributed by atoms with Crippen LogP contribution >= 0.6 is 15.9 Å². The van der Waals surface area contributed by atoms with E-state index >= 15 is 0 Å². The van der Waals surface area contributed by atoms with Gasteiger partial charge in [0.15, 0.2) is 0 Å². The average molecular weight is 340 g/mol. The molecule has 112 valence electrons. The normalized spacial score (nSPS) is 18.1. The Kier molecular flexibility index (Phi) is 6.53. The molecule has 0 radical (unpaired) electrons. The zero-order chi connectivity index (χ0) is 14.4. The van der Waals surface area contributed by atoms with Crippen molar-refractivity contribution in [2.45, 2.75) is 45.6 Å². The Morgan fingerprint density at radius 2 is 2.10 bits per heavy atom. The fourth-order valence-corrected chi connectivity index (χ4v) is 3.43. The van der Waals surface area contributed by atoms with E-state index in [1.807, 2.05) is 0 Å². The lowest BCUT2D eigenvalue weighted by Crippen LogP contribution is -2.27. The summed E-state index contributed by atoms with van der Waals surface area (Å²) in [7, 11) is 0. The van der Waals surface area contributed by atoms with E-state index in [0.29, 0.717) is 6.04 Å². The molecule has 1 N–H and O–H groups in total. The second-order valence-electron chi connectivity index (χ2n) is 5.78. The van der Waals surface area contributed by atoms with Gasteiger partial charge in [-0.3, -0.25) is 0 Å². The summed E-state index contributed by atoms with van der Waals surface area (Å²) in [5.74, 6) is 0.783. The zero-order valence-corrected chi connectivity index (χ0v) is 14.2. The van der Waals surface area contributed by atoms with E-state index in [2.05, 4.69) is 53.3 Å². The fourth-order valence-electron chi connectivity index (χ4n) is 2.89. The van der Waals surface area contributed by atoms with Gasteiger partial charge in [0.05, 0.1) is 0 Å². The number of hydrogen-bond acceptors (Lipinski definition) is 2. The van der Waals surface area contributed by atoms with Crippen molar-refractivity contribution in [2.24, 2.45) is 5.92 Å². The van der Waals surface area contributed by atoms with Crippen molar-refractivity contribution in [3.8, 4) is 0 Å². The molecule has 3 heteroatoms. The van der Waals surface area contributed by atoms with Crippen LogP contribution in [0.2, 0.25) is 0 Å². The predicted octanol–water partition coefficient (Wildman–Crippen LogP) is 4.61. The van der Waals surface area contributed by atoms with Crippen LogP contribution in [0.1, 0.15) is 49.8 Å². The third kappa shape index (κ3) is 4.31. The molecule has 2 nitrogen and oxygen atoms in total. The Hall–Kier alpha value is -0.380. The van der Waals surface area contributed by atoms with Crippen molar-refractivity contribution in [3.05, 3.63) is 33.8 Å².